The van der Waals surface area contributed by atoms with Gasteiger partial charge in [-0.2, -0.15) is 0 Å². The number of nitrogens with zero attached hydrogens (tertiary/aromatic N) is 2. The molecule has 0 fully saturated rings. The van der Waals surface area contributed by atoms with E-state index in [1.807, 2.05) is 13.8 Å². The van der Waals surface area contributed by atoms with Crippen molar-refractivity contribution in [2.24, 2.45) is 5.92 Å². The number of aromatic nitrogens is 2. The van der Waals surface area contributed by atoms with Crippen LogP contribution >= 0.6 is 0 Å². The maximum atomic E-state index is 13.5. The van der Waals surface area contributed by atoms with Crippen molar-refractivity contribution in [3.05, 3.63) is 47.8 Å². The molecule has 5 nitrogen and oxygen atoms in total. The van der Waals surface area contributed by atoms with Crippen LogP contribution in [0.3, 0.4) is 0 Å². The van der Waals surface area contributed by atoms with Gasteiger partial charge in [-0.05, 0) is 18.1 Å². The second kappa shape index (κ2) is 6.93. The van der Waals surface area contributed by atoms with E-state index < -0.39 is 23.2 Å². The zero-order chi connectivity index (χ0) is 16.1. The predicted octanol–water partition coefficient (Wildman–Crippen LogP) is 3.08. The lowest BCUT2D eigenvalue weighted by Gasteiger charge is -2.09. The quantitative estimate of drug-likeness (QED) is 0.891. The van der Waals surface area contributed by atoms with Gasteiger partial charge in [-0.1, -0.05) is 19.9 Å². The number of carbonyl (C=O) groups excluding carboxylic acids is 1. The number of hydrogen-bond donors (Lipinski definition) is 2. The Morgan fingerprint density at radius 1 is 1.18 bits per heavy atom. The third-order valence-electron chi connectivity index (χ3n) is 2.78. The van der Waals surface area contributed by atoms with Gasteiger partial charge in [0.25, 0.3) is 5.91 Å². The Bertz CT molecular complexity index is 639. The van der Waals surface area contributed by atoms with Gasteiger partial charge in [0.2, 0.25) is 5.95 Å². The van der Waals surface area contributed by atoms with Gasteiger partial charge in [-0.25, -0.2) is 18.7 Å². The van der Waals surface area contributed by atoms with Crippen LogP contribution in [0.15, 0.2) is 30.6 Å². The van der Waals surface area contributed by atoms with Crippen LogP contribution in [-0.4, -0.2) is 22.4 Å². The van der Waals surface area contributed by atoms with Crippen molar-refractivity contribution in [3.63, 3.8) is 0 Å². The van der Waals surface area contributed by atoms with Crippen molar-refractivity contribution in [2.45, 2.75) is 13.8 Å². The van der Waals surface area contributed by atoms with Crippen molar-refractivity contribution < 1.29 is 13.6 Å². The highest BCUT2D eigenvalue weighted by atomic mass is 19.1. The number of anilines is 2. The van der Waals surface area contributed by atoms with Crippen LogP contribution < -0.4 is 10.6 Å². The molecule has 0 saturated carbocycles. The van der Waals surface area contributed by atoms with E-state index in [-0.39, 0.29) is 5.56 Å². The molecular weight excluding hydrogens is 290 g/mol. The minimum absolute atomic E-state index is 0.109. The summed E-state index contributed by atoms with van der Waals surface area (Å²) in [7, 11) is 0. The van der Waals surface area contributed by atoms with E-state index >= 15 is 0 Å². The van der Waals surface area contributed by atoms with Crippen LogP contribution in [0.4, 0.5) is 20.4 Å². The van der Waals surface area contributed by atoms with Gasteiger partial charge >= 0.3 is 0 Å². The molecule has 0 aliphatic rings. The van der Waals surface area contributed by atoms with Crippen LogP contribution in [0.5, 0.6) is 0 Å². The number of para-hydroxylation sites is 1. The summed E-state index contributed by atoms with van der Waals surface area (Å²) in [5, 5.41) is 5.18. The lowest BCUT2D eigenvalue weighted by atomic mass is 10.2. The van der Waals surface area contributed by atoms with Crippen molar-refractivity contribution in [1.82, 2.24) is 9.97 Å². The number of rotatable bonds is 5. The largest absolute Gasteiger partial charge is 0.354 e. The number of nitrogens with one attached hydrogen (secondary N) is 2. The molecule has 0 aliphatic carbocycles. The SMILES string of the molecule is CC(C)CNc1ncc(C(=O)Nc2c(F)cccc2F)cn1. The zero-order valence-corrected chi connectivity index (χ0v) is 12.2. The summed E-state index contributed by atoms with van der Waals surface area (Å²) in [5.41, 5.74) is -0.382. The van der Waals surface area contributed by atoms with Gasteiger partial charge in [0.15, 0.2) is 0 Å². The lowest BCUT2D eigenvalue weighted by molar-refractivity contribution is 0.102. The van der Waals surface area contributed by atoms with Crippen LogP contribution in [0.1, 0.15) is 24.2 Å². The van der Waals surface area contributed by atoms with Crippen molar-refractivity contribution >= 4 is 17.5 Å². The first kappa shape index (κ1) is 15.8. The Morgan fingerprint density at radius 3 is 2.32 bits per heavy atom. The fraction of sp³-hybridized carbons (Fsp3) is 0.267. The molecule has 1 aromatic carbocycles. The Balaban J connectivity index is 2.07. The van der Waals surface area contributed by atoms with Gasteiger partial charge < -0.3 is 10.6 Å². The molecule has 0 atom stereocenters. The molecule has 1 heterocycles. The molecule has 7 heteroatoms. The fourth-order valence-electron chi connectivity index (χ4n) is 1.63. The molecule has 0 bridgehead atoms. The Kier molecular flexibility index (Phi) is 4.98. The third-order valence-corrected chi connectivity index (χ3v) is 2.78. The van der Waals surface area contributed by atoms with Crippen LogP contribution in [0.2, 0.25) is 0 Å². The van der Waals surface area contributed by atoms with E-state index in [0.29, 0.717) is 18.4 Å². The maximum Gasteiger partial charge on any atom is 0.258 e. The summed E-state index contributed by atoms with van der Waals surface area (Å²) in [5.74, 6) is -1.55. The van der Waals surface area contributed by atoms with Gasteiger partial charge in [-0.3, -0.25) is 4.79 Å². The Hall–Kier alpha value is -2.57. The van der Waals surface area contributed by atoms with Gasteiger partial charge in [0.1, 0.15) is 17.3 Å². The molecular formula is C15H16F2N4O. The van der Waals surface area contributed by atoms with Crippen LogP contribution in [-0.2, 0) is 0 Å². The predicted molar refractivity (Wildman–Crippen MR) is 79.7 cm³/mol. The standard InChI is InChI=1S/C15H16F2N4O/c1-9(2)6-18-15-19-7-10(8-20-15)14(22)21-13-11(16)4-3-5-12(13)17/h3-5,7-9H,6H2,1-2H3,(H,21,22)(H,18,19,20). The molecule has 1 amide bonds. The van der Waals surface area contributed by atoms with E-state index in [0.717, 1.165) is 12.1 Å². The van der Waals surface area contributed by atoms with Crippen molar-refractivity contribution in [3.8, 4) is 0 Å². The minimum atomic E-state index is -0.843. The van der Waals surface area contributed by atoms with Gasteiger partial charge in [-0.15, -0.1) is 0 Å². The van der Waals surface area contributed by atoms with E-state index in [2.05, 4.69) is 20.6 Å². The maximum absolute atomic E-state index is 13.5. The zero-order valence-electron chi connectivity index (χ0n) is 12.2. The van der Waals surface area contributed by atoms with Crippen molar-refractivity contribution in [1.29, 1.82) is 0 Å². The first-order valence-electron chi connectivity index (χ1n) is 6.78. The highest BCUT2D eigenvalue weighted by Gasteiger charge is 2.14. The Labute approximate surface area is 126 Å². The average Bonchev–Trinajstić information content (AvgIpc) is 2.49. The average molecular weight is 306 g/mol. The smallest absolute Gasteiger partial charge is 0.258 e. The Morgan fingerprint density at radius 2 is 1.77 bits per heavy atom. The second-order valence-corrected chi connectivity index (χ2v) is 5.12. The molecule has 0 radical (unpaired) electrons. The van der Waals surface area contributed by atoms with Crippen LogP contribution in [0.25, 0.3) is 0 Å². The monoisotopic (exact) mass is 306 g/mol. The van der Waals surface area contributed by atoms with E-state index in [1.165, 1.54) is 18.5 Å². The molecule has 0 aliphatic heterocycles. The third kappa shape index (κ3) is 3.97. The molecule has 1 aromatic heterocycles. The molecule has 2 N–H and O–H groups in total. The fourth-order valence-corrected chi connectivity index (χ4v) is 1.63. The number of carbonyl (C=O) groups is 1. The topological polar surface area (TPSA) is 66.9 Å². The normalized spacial score (nSPS) is 10.6. The molecule has 116 valence electrons. The molecule has 2 aromatic rings. The van der Waals surface area contributed by atoms with Crippen LogP contribution in [0, 0.1) is 17.6 Å². The number of hydrogen-bond acceptors (Lipinski definition) is 4. The van der Waals surface area contributed by atoms with Crippen molar-refractivity contribution in [2.75, 3.05) is 17.2 Å². The van der Waals surface area contributed by atoms with Gasteiger partial charge in [0, 0.05) is 18.9 Å². The summed E-state index contributed by atoms with van der Waals surface area (Å²) >= 11 is 0. The number of benzene rings is 1. The second-order valence-electron chi connectivity index (χ2n) is 5.12. The highest BCUT2D eigenvalue weighted by Crippen LogP contribution is 2.18. The lowest BCUT2D eigenvalue weighted by Crippen LogP contribution is -2.16. The summed E-state index contributed by atoms with van der Waals surface area (Å²) in [6, 6.07) is 3.35. The first-order chi connectivity index (χ1) is 10.5. The molecule has 0 saturated heterocycles. The minimum Gasteiger partial charge on any atom is -0.354 e. The molecule has 0 spiro atoms. The van der Waals surface area contributed by atoms with E-state index in [9.17, 15) is 13.6 Å². The van der Waals surface area contributed by atoms with E-state index in [1.54, 1.807) is 0 Å². The summed E-state index contributed by atoms with van der Waals surface area (Å²) in [6.45, 7) is 4.78. The summed E-state index contributed by atoms with van der Waals surface area (Å²) in [4.78, 5) is 19.9. The summed E-state index contributed by atoms with van der Waals surface area (Å²) < 4.78 is 26.9. The highest BCUT2D eigenvalue weighted by molar-refractivity contribution is 6.04. The number of amides is 1. The van der Waals surface area contributed by atoms with Gasteiger partial charge in [0.05, 0.1) is 5.56 Å². The first-order valence-corrected chi connectivity index (χ1v) is 6.78. The summed E-state index contributed by atoms with van der Waals surface area (Å²) in [6.07, 6.45) is 2.59. The molecule has 22 heavy (non-hydrogen) atoms. The molecule has 0 unspecified atom stereocenters. The van der Waals surface area contributed by atoms with E-state index in [4.69, 9.17) is 0 Å². The number of halogens is 2. The molecule has 2 rings (SSSR count).